The lowest BCUT2D eigenvalue weighted by Crippen LogP contribution is -2.60. The number of hydrogen-bond donors (Lipinski definition) is 2. The van der Waals surface area contributed by atoms with Gasteiger partial charge in [-0.05, 0) is 30.7 Å². The zero-order chi connectivity index (χ0) is 18.8. The highest BCUT2D eigenvalue weighted by atomic mass is 127. The molecule has 0 bridgehead atoms. The molecule has 2 fully saturated rings. The lowest BCUT2D eigenvalue weighted by molar-refractivity contribution is -0.0120. The van der Waals surface area contributed by atoms with E-state index in [2.05, 4.69) is 32.3 Å². The van der Waals surface area contributed by atoms with Gasteiger partial charge in [0.05, 0.1) is 19.8 Å². The van der Waals surface area contributed by atoms with Gasteiger partial charge in [0.25, 0.3) is 0 Å². The molecule has 158 valence electrons. The maximum atomic E-state index is 5.74. The Morgan fingerprint density at radius 2 is 2.04 bits per heavy atom. The minimum atomic E-state index is 0. The Hall–Kier alpha value is -0.710. The van der Waals surface area contributed by atoms with Crippen molar-refractivity contribution >= 4 is 41.7 Å². The highest BCUT2D eigenvalue weighted by Crippen LogP contribution is 2.33. The second-order valence-corrected chi connectivity index (χ2v) is 8.10. The monoisotopic (exact) mass is 520 g/mol. The minimum absolute atomic E-state index is 0. The van der Waals surface area contributed by atoms with E-state index in [-0.39, 0.29) is 29.5 Å². The van der Waals surface area contributed by atoms with Crippen LogP contribution in [0.4, 0.5) is 0 Å². The summed E-state index contributed by atoms with van der Waals surface area (Å²) in [5.74, 6) is 4.22. The van der Waals surface area contributed by atoms with E-state index in [1.54, 1.807) is 0 Å². The third kappa shape index (κ3) is 6.96. The summed E-state index contributed by atoms with van der Waals surface area (Å²) in [7, 11) is 1.83. The van der Waals surface area contributed by atoms with Gasteiger partial charge in [-0.2, -0.15) is 11.8 Å². The van der Waals surface area contributed by atoms with Gasteiger partial charge >= 0.3 is 0 Å². The molecule has 2 aliphatic rings. The summed E-state index contributed by atoms with van der Waals surface area (Å²) in [5.41, 5.74) is 0.225. The Morgan fingerprint density at radius 1 is 1.25 bits per heavy atom. The molecule has 0 aliphatic carbocycles. The van der Waals surface area contributed by atoms with Gasteiger partial charge in [-0.15, -0.1) is 24.0 Å². The van der Waals surface area contributed by atoms with Crippen LogP contribution >= 0.6 is 35.7 Å². The van der Waals surface area contributed by atoms with Crippen LogP contribution in [0.3, 0.4) is 0 Å². The maximum absolute atomic E-state index is 5.74. The molecule has 6 nitrogen and oxygen atoms in total. The SMILES string of the molecule is CN=C(NCCCOc1ccccc1)NCC1(N2CCOCC2)CCSC1.I. The molecule has 2 saturated heterocycles. The van der Waals surface area contributed by atoms with Gasteiger partial charge in [0, 0.05) is 44.5 Å². The number of rotatable bonds is 8. The normalized spacial score (nSPS) is 23.1. The third-order valence-corrected chi connectivity index (χ3v) is 6.43. The zero-order valence-electron chi connectivity index (χ0n) is 16.7. The van der Waals surface area contributed by atoms with Crippen LogP contribution in [0.25, 0.3) is 0 Å². The predicted octanol–water partition coefficient (Wildman–Crippen LogP) is 2.45. The summed E-state index contributed by atoms with van der Waals surface area (Å²) in [5, 5.41) is 6.97. The second kappa shape index (κ2) is 12.8. The number of benzene rings is 1. The first-order valence-electron chi connectivity index (χ1n) is 9.85. The molecule has 2 N–H and O–H groups in total. The number of ether oxygens (including phenoxy) is 2. The average Bonchev–Trinajstić information content (AvgIpc) is 3.22. The second-order valence-electron chi connectivity index (χ2n) is 6.99. The molecule has 2 aliphatic heterocycles. The quantitative estimate of drug-likeness (QED) is 0.238. The van der Waals surface area contributed by atoms with Crippen molar-refractivity contribution < 1.29 is 9.47 Å². The summed E-state index contributed by atoms with van der Waals surface area (Å²) in [6.07, 6.45) is 2.16. The van der Waals surface area contributed by atoms with Gasteiger partial charge in [-0.1, -0.05) is 18.2 Å². The van der Waals surface area contributed by atoms with Gasteiger partial charge in [0.1, 0.15) is 5.75 Å². The van der Waals surface area contributed by atoms with Crippen molar-refractivity contribution in [2.75, 3.05) is 64.6 Å². The predicted molar refractivity (Wildman–Crippen MR) is 128 cm³/mol. The Morgan fingerprint density at radius 3 is 2.71 bits per heavy atom. The molecular formula is C20H33IN4O2S. The van der Waals surface area contributed by atoms with E-state index in [9.17, 15) is 0 Å². The van der Waals surface area contributed by atoms with Crippen molar-refractivity contribution in [3.05, 3.63) is 30.3 Å². The van der Waals surface area contributed by atoms with E-state index in [1.165, 1.54) is 17.9 Å². The number of guanidine groups is 1. The van der Waals surface area contributed by atoms with Crippen molar-refractivity contribution in [3.8, 4) is 5.75 Å². The Kier molecular flexibility index (Phi) is 10.7. The van der Waals surface area contributed by atoms with Gasteiger partial charge in [0.2, 0.25) is 0 Å². The van der Waals surface area contributed by atoms with Crippen LogP contribution in [-0.4, -0.2) is 81.0 Å². The van der Waals surface area contributed by atoms with Gasteiger partial charge < -0.3 is 20.1 Å². The molecule has 1 unspecified atom stereocenters. The van der Waals surface area contributed by atoms with Crippen LogP contribution in [0.15, 0.2) is 35.3 Å². The summed E-state index contributed by atoms with van der Waals surface area (Å²) >= 11 is 2.06. The summed E-state index contributed by atoms with van der Waals surface area (Å²) < 4.78 is 11.3. The topological polar surface area (TPSA) is 58.1 Å². The molecule has 28 heavy (non-hydrogen) atoms. The highest BCUT2D eigenvalue weighted by molar-refractivity contribution is 14.0. The number of para-hydroxylation sites is 1. The summed E-state index contributed by atoms with van der Waals surface area (Å²) in [6.45, 7) is 6.23. The van der Waals surface area contributed by atoms with Gasteiger partial charge in [-0.25, -0.2) is 0 Å². The van der Waals surface area contributed by atoms with E-state index < -0.39 is 0 Å². The third-order valence-electron chi connectivity index (χ3n) is 5.20. The molecule has 1 aromatic carbocycles. The van der Waals surface area contributed by atoms with Crippen LogP contribution in [0.1, 0.15) is 12.8 Å². The highest BCUT2D eigenvalue weighted by Gasteiger charge is 2.40. The van der Waals surface area contributed by atoms with Crippen LogP contribution in [0, 0.1) is 0 Å². The van der Waals surface area contributed by atoms with E-state index in [4.69, 9.17) is 9.47 Å². The first-order valence-corrected chi connectivity index (χ1v) is 11.0. The molecule has 2 heterocycles. The number of aliphatic imine (C=N–C) groups is 1. The molecule has 0 spiro atoms. The number of morpholine rings is 1. The number of halogens is 1. The van der Waals surface area contributed by atoms with Crippen molar-refractivity contribution in [2.24, 2.45) is 4.99 Å². The van der Waals surface area contributed by atoms with Gasteiger partial charge in [0.15, 0.2) is 5.96 Å². The number of hydrogen-bond acceptors (Lipinski definition) is 5. The first-order chi connectivity index (χ1) is 13.3. The molecule has 3 rings (SSSR count). The van der Waals surface area contributed by atoms with Crippen molar-refractivity contribution in [2.45, 2.75) is 18.4 Å². The average molecular weight is 520 g/mol. The molecular weight excluding hydrogens is 487 g/mol. The summed E-state index contributed by atoms with van der Waals surface area (Å²) in [4.78, 5) is 7.00. The molecule has 1 aromatic rings. The van der Waals surface area contributed by atoms with Crippen LogP contribution < -0.4 is 15.4 Å². The zero-order valence-corrected chi connectivity index (χ0v) is 19.8. The smallest absolute Gasteiger partial charge is 0.191 e. The molecule has 0 saturated carbocycles. The lowest BCUT2D eigenvalue weighted by Gasteiger charge is -2.43. The molecule has 0 radical (unpaired) electrons. The number of nitrogens with zero attached hydrogens (tertiary/aromatic N) is 2. The first kappa shape index (κ1) is 23.6. The standard InChI is InChI=1S/C20H32N4O2S.HI/c1-21-19(22-9-5-12-26-18-6-3-2-4-7-18)23-16-20(8-15-27-17-20)24-10-13-25-14-11-24;/h2-4,6-7H,5,8-17H2,1H3,(H2,21,22,23);1H. The van der Waals surface area contributed by atoms with Crippen LogP contribution in [0.5, 0.6) is 5.75 Å². The van der Waals surface area contributed by atoms with Crippen molar-refractivity contribution in [1.29, 1.82) is 0 Å². The molecule has 1 atom stereocenters. The number of thioether (sulfide) groups is 1. The summed E-state index contributed by atoms with van der Waals surface area (Å²) in [6, 6.07) is 9.95. The minimum Gasteiger partial charge on any atom is -0.494 e. The Balaban J connectivity index is 0.00000280. The maximum Gasteiger partial charge on any atom is 0.191 e. The fourth-order valence-corrected chi connectivity index (χ4v) is 5.07. The van der Waals surface area contributed by atoms with E-state index in [0.717, 1.165) is 57.5 Å². The lowest BCUT2D eigenvalue weighted by atomic mass is 9.95. The molecule has 8 heteroatoms. The van der Waals surface area contributed by atoms with E-state index >= 15 is 0 Å². The largest absolute Gasteiger partial charge is 0.494 e. The van der Waals surface area contributed by atoms with E-state index in [0.29, 0.717) is 6.61 Å². The fourth-order valence-electron chi connectivity index (χ4n) is 3.59. The van der Waals surface area contributed by atoms with Crippen molar-refractivity contribution in [3.63, 3.8) is 0 Å². The van der Waals surface area contributed by atoms with Crippen LogP contribution in [0.2, 0.25) is 0 Å². The Bertz CT molecular complexity index is 579. The van der Waals surface area contributed by atoms with Crippen LogP contribution in [-0.2, 0) is 4.74 Å². The molecule has 0 aromatic heterocycles. The number of nitrogens with one attached hydrogen (secondary N) is 2. The fraction of sp³-hybridized carbons (Fsp3) is 0.650. The molecule has 0 amide bonds. The van der Waals surface area contributed by atoms with E-state index in [1.807, 2.05) is 37.4 Å². The van der Waals surface area contributed by atoms with Crippen molar-refractivity contribution in [1.82, 2.24) is 15.5 Å². The van der Waals surface area contributed by atoms with Gasteiger partial charge in [-0.3, -0.25) is 9.89 Å². The Labute approximate surface area is 190 Å².